The van der Waals surface area contributed by atoms with Gasteiger partial charge >= 0.3 is 0 Å². The zero-order chi connectivity index (χ0) is 16.2. The van der Waals surface area contributed by atoms with Crippen LogP contribution in [0.5, 0.6) is 5.75 Å². The molecule has 1 saturated heterocycles. The molecule has 1 atom stereocenters. The summed E-state index contributed by atoms with van der Waals surface area (Å²) < 4.78 is 5.47. The van der Waals surface area contributed by atoms with E-state index >= 15 is 0 Å². The zero-order valence-electron chi connectivity index (χ0n) is 14.0. The van der Waals surface area contributed by atoms with Gasteiger partial charge in [0.25, 0.3) is 0 Å². The topological polar surface area (TPSA) is 50.3 Å². The molecular weight excluding hydrogens is 288 g/mol. The summed E-state index contributed by atoms with van der Waals surface area (Å²) in [6.07, 6.45) is 1.16. The van der Waals surface area contributed by atoms with E-state index in [0.717, 1.165) is 49.1 Å². The molecule has 1 aromatic heterocycles. The molecule has 0 radical (unpaired) electrons. The van der Waals surface area contributed by atoms with Crippen molar-refractivity contribution < 1.29 is 4.74 Å². The first-order valence-corrected chi connectivity index (χ1v) is 8.10. The van der Waals surface area contributed by atoms with Crippen LogP contribution in [0.1, 0.15) is 17.8 Å². The third kappa shape index (κ3) is 3.73. The second-order valence-corrected chi connectivity index (χ2v) is 6.13. The van der Waals surface area contributed by atoms with Crippen LogP contribution in [-0.2, 0) is 0 Å². The molecular formula is C18H24N4O. The second kappa shape index (κ2) is 6.86. The molecule has 5 heteroatoms. The average Bonchev–Trinajstić information content (AvgIpc) is 3.01. The van der Waals surface area contributed by atoms with Crippen molar-refractivity contribution >= 4 is 11.6 Å². The van der Waals surface area contributed by atoms with E-state index in [-0.39, 0.29) is 0 Å². The number of hydrogen-bond acceptors (Lipinski definition) is 5. The molecule has 122 valence electrons. The predicted molar refractivity (Wildman–Crippen MR) is 93.3 cm³/mol. The summed E-state index contributed by atoms with van der Waals surface area (Å²) in [4.78, 5) is 11.3. The Morgan fingerprint density at radius 1 is 1.22 bits per heavy atom. The number of aryl methyl sites for hydroxylation is 2. The van der Waals surface area contributed by atoms with Crippen molar-refractivity contribution in [3.63, 3.8) is 0 Å². The molecule has 1 aromatic carbocycles. The van der Waals surface area contributed by atoms with Gasteiger partial charge in [0.15, 0.2) is 0 Å². The van der Waals surface area contributed by atoms with E-state index in [0.29, 0.717) is 5.92 Å². The minimum atomic E-state index is 0.587. The van der Waals surface area contributed by atoms with Gasteiger partial charge < -0.3 is 15.0 Å². The molecule has 23 heavy (non-hydrogen) atoms. The lowest BCUT2D eigenvalue weighted by Crippen LogP contribution is -2.23. The first-order valence-electron chi connectivity index (χ1n) is 8.10. The number of nitrogens with zero attached hydrogens (tertiary/aromatic N) is 3. The monoisotopic (exact) mass is 312 g/mol. The van der Waals surface area contributed by atoms with Crippen LogP contribution in [0.4, 0.5) is 11.6 Å². The van der Waals surface area contributed by atoms with E-state index in [9.17, 15) is 0 Å². The lowest BCUT2D eigenvalue weighted by Gasteiger charge is -2.21. The van der Waals surface area contributed by atoms with Gasteiger partial charge in [-0.3, -0.25) is 0 Å². The van der Waals surface area contributed by atoms with Gasteiger partial charge in [-0.05, 0) is 44.4 Å². The summed E-state index contributed by atoms with van der Waals surface area (Å²) >= 11 is 0. The van der Waals surface area contributed by atoms with Crippen LogP contribution >= 0.6 is 0 Å². The van der Waals surface area contributed by atoms with Crippen molar-refractivity contribution in [2.45, 2.75) is 20.3 Å². The SMILES string of the molecule is COc1ccccc1N1CC[C@H](CNc2nc(C)cc(C)n2)C1. The van der Waals surface area contributed by atoms with Crippen LogP contribution in [0.25, 0.3) is 0 Å². The molecule has 2 aromatic rings. The summed E-state index contributed by atoms with van der Waals surface area (Å²) in [7, 11) is 1.73. The fourth-order valence-electron chi connectivity index (χ4n) is 3.15. The maximum Gasteiger partial charge on any atom is 0.223 e. The van der Waals surface area contributed by atoms with Crippen LogP contribution in [0.2, 0.25) is 0 Å². The minimum Gasteiger partial charge on any atom is -0.495 e. The van der Waals surface area contributed by atoms with E-state index in [1.807, 2.05) is 32.0 Å². The number of ether oxygens (including phenoxy) is 1. The van der Waals surface area contributed by atoms with Crippen molar-refractivity contribution in [2.75, 3.05) is 37.0 Å². The number of anilines is 2. The van der Waals surface area contributed by atoms with Crippen LogP contribution in [0.15, 0.2) is 30.3 Å². The van der Waals surface area contributed by atoms with E-state index < -0.39 is 0 Å². The maximum atomic E-state index is 5.47. The second-order valence-electron chi connectivity index (χ2n) is 6.13. The number of aromatic nitrogens is 2. The Hall–Kier alpha value is -2.30. The van der Waals surface area contributed by atoms with E-state index in [1.165, 1.54) is 5.69 Å². The Morgan fingerprint density at radius 2 is 1.96 bits per heavy atom. The lowest BCUT2D eigenvalue weighted by atomic mass is 10.1. The summed E-state index contributed by atoms with van der Waals surface area (Å²) in [5.41, 5.74) is 3.18. The van der Waals surface area contributed by atoms with Crippen LogP contribution < -0.4 is 15.0 Å². The van der Waals surface area contributed by atoms with Crippen molar-refractivity contribution in [3.05, 3.63) is 41.7 Å². The average molecular weight is 312 g/mol. The normalized spacial score (nSPS) is 17.3. The first kappa shape index (κ1) is 15.6. The van der Waals surface area contributed by atoms with Gasteiger partial charge in [0, 0.05) is 31.0 Å². The standard InChI is InChI=1S/C18H24N4O/c1-13-10-14(2)21-18(20-13)19-11-15-8-9-22(12-15)16-6-4-5-7-17(16)23-3/h4-7,10,15H,8-9,11-12H2,1-3H3,(H,19,20,21)/t15-/m1/s1. The molecule has 0 unspecified atom stereocenters. The molecule has 0 saturated carbocycles. The molecule has 1 aliphatic heterocycles. The quantitative estimate of drug-likeness (QED) is 0.919. The van der Waals surface area contributed by atoms with Gasteiger partial charge in [0.05, 0.1) is 12.8 Å². The molecule has 5 nitrogen and oxygen atoms in total. The van der Waals surface area contributed by atoms with Crippen molar-refractivity contribution in [1.29, 1.82) is 0 Å². The number of methoxy groups -OCH3 is 1. The van der Waals surface area contributed by atoms with Crippen LogP contribution in [-0.4, -0.2) is 36.7 Å². The van der Waals surface area contributed by atoms with Gasteiger partial charge in [-0.2, -0.15) is 0 Å². The Morgan fingerprint density at radius 3 is 2.70 bits per heavy atom. The van der Waals surface area contributed by atoms with E-state index in [2.05, 4.69) is 32.3 Å². The smallest absolute Gasteiger partial charge is 0.223 e. The van der Waals surface area contributed by atoms with Crippen molar-refractivity contribution in [1.82, 2.24) is 9.97 Å². The predicted octanol–water partition coefficient (Wildman–Crippen LogP) is 3.04. The zero-order valence-corrected chi connectivity index (χ0v) is 14.0. The summed E-state index contributed by atoms with van der Waals surface area (Å²) in [6, 6.07) is 10.2. The van der Waals surface area contributed by atoms with Crippen molar-refractivity contribution in [3.8, 4) is 5.75 Å². The fraction of sp³-hybridized carbons (Fsp3) is 0.444. The fourth-order valence-corrected chi connectivity index (χ4v) is 3.15. The molecule has 1 fully saturated rings. The highest BCUT2D eigenvalue weighted by Crippen LogP contribution is 2.31. The van der Waals surface area contributed by atoms with Crippen LogP contribution in [0.3, 0.4) is 0 Å². The van der Waals surface area contributed by atoms with Gasteiger partial charge in [-0.15, -0.1) is 0 Å². The van der Waals surface area contributed by atoms with Gasteiger partial charge in [-0.1, -0.05) is 12.1 Å². The third-order valence-electron chi connectivity index (χ3n) is 4.24. The highest BCUT2D eigenvalue weighted by Gasteiger charge is 2.24. The third-order valence-corrected chi connectivity index (χ3v) is 4.24. The molecule has 0 amide bonds. The lowest BCUT2D eigenvalue weighted by molar-refractivity contribution is 0.414. The highest BCUT2D eigenvalue weighted by molar-refractivity contribution is 5.59. The minimum absolute atomic E-state index is 0.587. The van der Waals surface area contributed by atoms with E-state index in [4.69, 9.17) is 4.74 Å². The molecule has 0 aliphatic carbocycles. The number of benzene rings is 1. The number of hydrogen-bond donors (Lipinski definition) is 1. The van der Waals surface area contributed by atoms with E-state index in [1.54, 1.807) is 7.11 Å². The molecule has 2 heterocycles. The van der Waals surface area contributed by atoms with Gasteiger partial charge in [-0.25, -0.2) is 9.97 Å². The summed E-state index contributed by atoms with van der Waals surface area (Å²) in [5.74, 6) is 2.27. The molecule has 3 rings (SSSR count). The molecule has 1 aliphatic rings. The first-order chi connectivity index (χ1) is 11.2. The van der Waals surface area contributed by atoms with Crippen molar-refractivity contribution in [2.24, 2.45) is 5.92 Å². The molecule has 0 spiro atoms. The number of rotatable bonds is 5. The molecule has 0 bridgehead atoms. The maximum absolute atomic E-state index is 5.47. The Labute approximate surface area is 137 Å². The Bertz CT molecular complexity index is 654. The summed E-state index contributed by atoms with van der Waals surface area (Å²) in [5, 5.41) is 3.39. The summed E-state index contributed by atoms with van der Waals surface area (Å²) in [6.45, 7) is 6.98. The number of para-hydroxylation sites is 2. The Kier molecular flexibility index (Phi) is 4.65. The molecule has 1 N–H and O–H groups in total. The van der Waals surface area contributed by atoms with Gasteiger partial charge in [0.1, 0.15) is 5.75 Å². The van der Waals surface area contributed by atoms with Crippen LogP contribution in [0, 0.1) is 19.8 Å². The largest absolute Gasteiger partial charge is 0.495 e. The van der Waals surface area contributed by atoms with Gasteiger partial charge in [0.2, 0.25) is 5.95 Å². The Balaban J connectivity index is 1.59. The number of nitrogens with one attached hydrogen (secondary N) is 1. The highest BCUT2D eigenvalue weighted by atomic mass is 16.5.